The minimum Gasteiger partial charge on any atom is -0.477 e. The topological polar surface area (TPSA) is 216 Å². The highest BCUT2D eigenvalue weighted by Gasteiger charge is 2.60. The zero-order valence-electron chi connectivity index (χ0n) is 23.5. The van der Waals surface area contributed by atoms with Crippen molar-refractivity contribution < 1.29 is 43.8 Å². The van der Waals surface area contributed by atoms with Gasteiger partial charge in [-0.05, 0) is 31.0 Å². The summed E-state index contributed by atoms with van der Waals surface area (Å²) in [7, 11) is 0. The number of thiazole rings is 1. The van der Waals surface area contributed by atoms with Crippen LogP contribution in [0.3, 0.4) is 0 Å². The van der Waals surface area contributed by atoms with Crippen LogP contribution in [0.2, 0.25) is 0 Å². The third kappa shape index (κ3) is 5.94. The third-order valence-corrected chi connectivity index (χ3v) is 10.2. The Bertz CT molecular complexity index is 1530. The van der Waals surface area contributed by atoms with Crippen molar-refractivity contribution in [2.24, 2.45) is 17.6 Å². The molecule has 6 atom stereocenters. The standard InChI is InChI=1S/C27H29N5O10S2/c1-12-21-20(13(2)33)24(34)31(21)22(25(35)36)23(12)44-16-7-18(17-11-43-19(29-17)10-41-26(28)37)30(8-16)27(38)42-9-14-3-5-15(6-4-14)32(39)40/h3-6,11-13,16,18,20-21,33H,7-10H2,1-2H3,(H2,28,37)(H,35,36)/t12-,13-,16+,18+,20-,21-/m1/s1. The third-order valence-electron chi connectivity index (χ3n) is 7.86. The predicted molar refractivity (Wildman–Crippen MR) is 155 cm³/mol. The molecule has 3 aliphatic heterocycles. The fourth-order valence-electron chi connectivity index (χ4n) is 5.84. The number of fused-ring (bicyclic) bond motifs is 1. The number of non-ortho nitro benzene ring substituents is 1. The molecule has 1 aromatic heterocycles. The average molecular weight is 648 g/mol. The number of hydrogen-bond acceptors (Lipinski definition) is 12. The minimum absolute atomic E-state index is 0.0957. The van der Waals surface area contributed by atoms with Crippen LogP contribution in [-0.4, -0.2) is 77.9 Å². The van der Waals surface area contributed by atoms with Crippen LogP contribution in [0.25, 0.3) is 0 Å². The Hall–Kier alpha value is -4.22. The molecule has 3 aliphatic rings. The molecule has 44 heavy (non-hydrogen) atoms. The number of nitrogens with two attached hydrogens (primary N) is 1. The van der Waals surface area contributed by atoms with E-state index in [-0.39, 0.29) is 42.3 Å². The number of nitro groups is 1. The molecule has 0 bridgehead atoms. The predicted octanol–water partition coefficient (Wildman–Crippen LogP) is 2.99. The summed E-state index contributed by atoms with van der Waals surface area (Å²) in [6.07, 6.45) is -2.18. The number of thioether (sulfide) groups is 1. The highest BCUT2D eigenvalue weighted by atomic mass is 32.2. The second-order valence-electron chi connectivity index (χ2n) is 10.7. The summed E-state index contributed by atoms with van der Waals surface area (Å²) in [5.41, 5.74) is 5.92. The van der Waals surface area contributed by atoms with Crippen LogP contribution < -0.4 is 5.73 Å². The van der Waals surface area contributed by atoms with Gasteiger partial charge in [0.25, 0.3) is 5.69 Å². The first-order chi connectivity index (χ1) is 20.9. The summed E-state index contributed by atoms with van der Waals surface area (Å²) >= 11 is 2.50. The Kier molecular flexibility index (Phi) is 8.80. The van der Waals surface area contributed by atoms with E-state index in [1.165, 1.54) is 64.1 Å². The molecule has 1 aromatic carbocycles. The molecule has 4 heterocycles. The number of benzene rings is 1. The number of aliphatic hydroxyl groups excluding tert-OH is 1. The van der Waals surface area contributed by atoms with Gasteiger partial charge >= 0.3 is 18.2 Å². The number of β-lactam (4-membered cyclic amide) rings is 1. The second kappa shape index (κ2) is 12.4. The number of hydrogen-bond donors (Lipinski definition) is 3. The number of carboxylic acid groups (broad SMARTS) is 1. The molecular formula is C27H29N5O10S2. The van der Waals surface area contributed by atoms with Gasteiger partial charge in [-0.2, -0.15) is 0 Å². The van der Waals surface area contributed by atoms with Gasteiger partial charge in [0, 0.05) is 40.1 Å². The summed E-state index contributed by atoms with van der Waals surface area (Å²) in [6.45, 7) is 3.22. The monoisotopic (exact) mass is 647 g/mol. The highest BCUT2D eigenvalue weighted by molar-refractivity contribution is 8.03. The smallest absolute Gasteiger partial charge is 0.410 e. The van der Waals surface area contributed by atoms with Crippen LogP contribution in [0.15, 0.2) is 40.2 Å². The fourth-order valence-corrected chi connectivity index (χ4v) is 8.12. The molecular weight excluding hydrogens is 618 g/mol. The zero-order chi connectivity index (χ0) is 31.9. The SMILES string of the molecule is C[C@@H](O)[C@H]1C(=O)N2C(C(=O)O)=C(S[C@H]3C[C@@H](c4csc(COC(N)=O)n4)N(C(=O)OCc4ccc([N+](=O)[O-])cc4)C3)[C@H](C)[C@H]12. The van der Waals surface area contributed by atoms with E-state index < -0.39 is 53.1 Å². The summed E-state index contributed by atoms with van der Waals surface area (Å²) in [4.78, 5) is 67.6. The number of carbonyl (C=O) groups excluding carboxylic acids is 3. The van der Waals surface area contributed by atoms with Crippen LogP contribution in [0.1, 0.15) is 42.6 Å². The van der Waals surface area contributed by atoms with Gasteiger partial charge in [0.15, 0.2) is 0 Å². The molecule has 2 aromatic rings. The number of carbonyl (C=O) groups is 4. The lowest BCUT2D eigenvalue weighted by Gasteiger charge is -2.46. The van der Waals surface area contributed by atoms with Crippen molar-refractivity contribution >= 4 is 52.8 Å². The summed E-state index contributed by atoms with van der Waals surface area (Å²) in [5, 5.41) is 33.0. The first kappa shape index (κ1) is 31.2. The van der Waals surface area contributed by atoms with E-state index in [4.69, 9.17) is 15.2 Å². The van der Waals surface area contributed by atoms with Crippen molar-refractivity contribution in [3.63, 3.8) is 0 Å². The molecule has 17 heteroatoms. The molecule has 5 rings (SSSR count). The van der Waals surface area contributed by atoms with Crippen molar-refractivity contribution in [2.45, 2.75) is 56.9 Å². The van der Waals surface area contributed by atoms with E-state index >= 15 is 0 Å². The van der Waals surface area contributed by atoms with Crippen molar-refractivity contribution in [1.29, 1.82) is 0 Å². The molecule has 15 nitrogen and oxygen atoms in total. The molecule has 0 aliphatic carbocycles. The largest absolute Gasteiger partial charge is 0.477 e. The number of aliphatic carboxylic acids is 1. The number of amides is 3. The average Bonchev–Trinajstić information content (AvgIpc) is 3.66. The van der Waals surface area contributed by atoms with Gasteiger partial charge in [0.2, 0.25) is 5.91 Å². The number of rotatable bonds is 10. The first-order valence-electron chi connectivity index (χ1n) is 13.6. The molecule has 2 fully saturated rings. The lowest BCUT2D eigenvalue weighted by atomic mass is 9.79. The molecule has 0 radical (unpaired) electrons. The quantitative estimate of drug-likeness (QED) is 0.193. The van der Waals surface area contributed by atoms with E-state index in [0.29, 0.717) is 27.6 Å². The van der Waals surface area contributed by atoms with E-state index in [0.717, 1.165) is 0 Å². The molecule has 0 unspecified atom stereocenters. The lowest BCUT2D eigenvalue weighted by Crippen LogP contribution is -2.63. The lowest BCUT2D eigenvalue weighted by molar-refractivity contribution is -0.384. The van der Waals surface area contributed by atoms with Crippen LogP contribution in [0.4, 0.5) is 15.3 Å². The number of ether oxygens (including phenoxy) is 2. The van der Waals surface area contributed by atoms with Crippen LogP contribution in [0, 0.1) is 22.0 Å². The Morgan fingerprint density at radius 2 is 1.95 bits per heavy atom. The fraction of sp³-hybridized carbons (Fsp3) is 0.444. The Balaban J connectivity index is 1.36. The molecule has 4 N–H and O–H groups in total. The number of likely N-dealkylation sites (tertiary alicyclic amines) is 1. The minimum atomic E-state index is -1.24. The van der Waals surface area contributed by atoms with Crippen molar-refractivity contribution in [1.82, 2.24) is 14.8 Å². The molecule has 0 spiro atoms. The summed E-state index contributed by atoms with van der Waals surface area (Å²) in [6, 6.07) is 4.57. The van der Waals surface area contributed by atoms with Crippen molar-refractivity contribution in [3.05, 3.63) is 66.6 Å². The van der Waals surface area contributed by atoms with Crippen molar-refractivity contribution in [3.8, 4) is 0 Å². The van der Waals surface area contributed by atoms with Gasteiger partial charge in [-0.15, -0.1) is 23.1 Å². The normalized spacial score (nSPS) is 25.0. The van der Waals surface area contributed by atoms with Gasteiger partial charge in [-0.1, -0.05) is 6.92 Å². The van der Waals surface area contributed by atoms with E-state index in [2.05, 4.69) is 4.98 Å². The number of nitro benzene ring substituents is 1. The number of nitrogens with zero attached hydrogens (tertiary/aromatic N) is 4. The maximum absolute atomic E-state index is 13.4. The molecule has 2 saturated heterocycles. The van der Waals surface area contributed by atoms with Gasteiger partial charge < -0.3 is 30.3 Å². The van der Waals surface area contributed by atoms with Gasteiger partial charge in [-0.3, -0.25) is 19.8 Å². The van der Waals surface area contributed by atoms with Gasteiger partial charge in [-0.25, -0.2) is 19.4 Å². The second-order valence-corrected chi connectivity index (χ2v) is 13.0. The maximum atomic E-state index is 13.4. The molecule has 3 amide bonds. The number of aromatic nitrogens is 1. The number of primary amides is 1. The number of aliphatic hydroxyl groups is 1. The Morgan fingerprint density at radius 3 is 2.57 bits per heavy atom. The number of carboxylic acids is 1. The molecule has 0 saturated carbocycles. The first-order valence-corrected chi connectivity index (χ1v) is 15.3. The summed E-state index contributed by atoms with van der Waals surface area (Å²) in [5.74, 6) is -2.72. The zero-order valence-corrected chi connectivity index (χ0v) is 25.2. The Labute approximate surface area is 258 Å². The Morgan fingerprint density at radius 1 is 1.25 bits per heavy atom. The van der Waals surface area contributed by atoms with Crippen LogP contribution in [0.5, 0.6) is 0 Å². The van der Waals surface area contributed by atoms with Crippen LogP contribution in [-0.2, 0) is 32.3 Å². The van der Waals surface area contributed by atoms with E-state index in [1.54, 1.807) is 5.38 Å². The highest BCUT2D eigenvalue weighted by Crippen LogP contribution is 2.53. The van der Waals surface area contributed by atoms with Gasteiger partial charge in [0.05, 0.1) is 34.7 Å². The maximum Gasteiger partial charge on any atom is 0.410 e. The summed E-state index contributed by atoms with van der Waals surface area (Å²) < 4.78 is 10.4. The van der Waals surface area contributed by atoms with Crippen molar-refractivity contribution in [2.75, 3.05) is 6.54 Å². The molecule has 234 valence electrons. The van der Waals surface area contributed by atoms with Crippen LogP contribution >= 0.6 is 23.1 Å². The van der Waals surface area contributed by atoms with E-state index in [1.807, 2.05) is 6.92 Å². The van der Waals surface area contributed by atoms with E-state index in [9.17, 15) is 39.5 Å². The van der Waals surface area contributed by atoms with Gasteiger partial charge in [0.1, 0.15) is 23.9 Å².